The van der Waals surface area contributed by atoms with Crippen LogP contribution in [0, 0.1) is 0 Å². The Morgan fingerprint density at radius 3 is 2.04 bits per heavy atom. The monoisotopic (exact) mass is 456 g/mol. The zero-order chi connectivity index (χ0) is 16.1. The third-order valence-corrected chi connectivity index (χ3v) is 8.47. The zero-order valence-electron chi connectivity index (χ0n) is 12.4. The van der Waals surface area contributed by atoms with Crippen LogP contribution in [0.3, 0.4) is 0 Å². The van der Waals surface area contributed by atoms with Crippen LogP contribution in [0.25, 0.3) is 0 Å². The minimum Gasteiger partial charge on any atom is -0.336 e. The van der Waals surface area contributed by atoms with Crippen LogP contribution in [0.5, 0.6) is 0 Å². The van der Waals surface area contributed by atoms with Crippen molar-refractivity contribution in [2.45, 2.75) is 22.6 Å². The van der Waals surface area contributed by atoms with E-state index in [1.165, 1.54) is 11.1 Å². The Morgan fingerprint density at radius 2 is 1.62 bits per heavy atom. The van der Waals surface area contributed by atoms with E-state index in [0.29, 0.717) is 4.58 Å². The van der Waals surface area contributed by atoms with Gasteiger partial charge in [-0.25, -0.2) is 4.98 Å². The van der Waals surface area contributed by atoms with E-state index in [1.54, 1.807) is 22.7 Å². The molecule has 0 saturated carbocycles. The van der Waals surface area contributed by atoms with Crippen LogP contribution < -0.4 is 0 Å². The number of hydrogen-bond donors (Lipinski definition) is 0. The van der Waals surface area contributed by atoms with Crippen LogP contribution in [0.2, 0.25) is 8.67 Å². The number of thiophene rings is 2. The summed E-state index contributed by atoms with van der Waals surface area (Å²) < 4.78 is 4.32. The Bertz CT molecular complexity index is 683. The maximum atomic E-state index is 6.21. The van der Waals surface area contributed by atoms with Crippen molar-refractivity contribution in [3.63, 3.8) is 0 Å². The predicted molar refractivity (Wildman–Crippen MR) is 115 cm³/mol. The fourth-order valence-corrected chi connectivity index (χ4v) is 6.69. The molecule has 130 valence electrons. The molecule has 0 radical (unpaired) electrons. The summed E-state index contributed by atoms with van der Waals surface area (Å²) in [6.45, 7) is 0.916. The molecule has 0 aromatic carbocycles. The second kappa shape index (κ2) is 10.4. The van der Waals surface area contributed by atoms with Gasteiger partial charge in [-0.1, -0.05) is 23.2 Å². The average molecular weight is 458 g/mol. The van der Waals surface area contributed by atoms with Gasteiger partial charge in [0, 0.05) is 30.4 Å². The molecule has 0 saturated heterocycles. The number of hydrogen-bond acceptors (Lipinski definition) is 5. The molecule has 0 bridgehead atoms. The van der Waals surface area contributed by atoms with Crippen LogP contribution in [-0.2, 0) is 18.1 Å². The minimum absolute atomic E-state index is 0. The van der Waals surface area contributed by atoms with Crippen LogP contribution >= 0.6 is 81.8 Å². The van der Waals surface area contributed by atoms with E-state index in [0.717, 1.165) is 26.7 Å². The Kier molecular flexibility index (Phi) is 8.84. The minimum atomic E-state index is 0. The van der Waals surface area contributed by atoms with Crippen molar-refractivity contribution < 1.29 is 0 Å². The zero-order valence-corrected chi connectivity index (χ0v) is 18.0. The van der Waals surface area contributed by atoms with Gasteiger partial charge in [-0.3, -0.25) is 0 Å². The van der Waals surface area contributed by atoms with Gasteiger partial charge in [-0.15, -0.1) is 58.6 Å². The SMILES string of the molecule is Cl.Clc1sccc1CSC(Cn1ccnc1)SCc1ccsc1Cl. The second-order valence-corrected chi connectivity index (χ2v) is 10.5. The maximum Gasteiger partial charge on any atom is 0.0968 e. The topological polar surface area (TPSA) is 17.8 Å². The first-order chi connectivity index (χ1) is 11.2. The highest BCUT2D eigenvalue weighted by molar-refractivity contribution is 8.16. The molecule has 3 aromatic heterocycles. The molecule has 0 N–H and O–H groups in total. The molecule has 2 nitrogen and oxygen atoms in total. The van der Waals surface area contributed by atoms with Gasteiger partial charge in [-0.05, 0) is 34.0 Å². The third-order valence-electron chi connectivity index (χ3n) is 3.15. The van der Waals surface area contributed by atoms with Gasteiger partial charge in [0.15, 0.2) is 0 Å². The molecule has 0 aliphatic heterocycles. The highest BCUT2D eigenvalue weighted by Crippen LogP contribution is 2.36. The molecule has 0 aliphatic rings. The van der Waals surface area contributed by atoms with Crippen LogP contribution in [-0.4, -0.2) is 14.1 Å². The third kappa shape index (κ3) is 5.87. The molecule has 0 amide bonds. The van der Waals surface area contributed by atoms with Crippen molar-refractivity contribution in [2.24, 2.45) is 0 Å². The lowest BCUT2D eigenvalue weighted by Gasteiger charge is -2.16. The van der Waals surface area contributed by atoms with Gasteiger partial charge >= 0.3 is 0 Å². The number of thioether (sulfide) groups is 2. The Balaban J connectivity index is 0.00000208. The smallest absolute Gasteiger partial charge is 0.0968 e. The van der Waals surface area contributed by atoms with Crippen molar-refractivity contribution in [2.75, 3.05) is 0 Å². The summed E-state index contributed by atoms with van der Waals surface area (Å²) in [4.78, 5) is 4.13. The van der Waals surface area contributed by atoms with E-state index in [1.807, 2.05) is 53.0 Å². The molecule has 24 heavy (non-hydrogen) atoms. The molecule has 0 spiro atoms. The van der Waals surface area contributed by atoms with E-state index in [4.69, 9.17) is 23.2 Å². The summed E-state index contributed by atoms with van der Waals surface area (Å²) in [5.74, 6) is 1.85. The highest BCUT2D eigenvalue weighted by Gasteiger charge is 2.14. The van der Waals surface area contributed by atoms with E-state index < -0.39 is 0 Å². The van der Waals surface area contributed by atoms with Gasteiger partial charge in [-0.2, -0.15) is 0 Å². The van der Waals surface area contributed by atoms with E-state index in [-0.39, 0.29) is 12.4 Å². The first-order valence-electron chi connectivity index (χ1n) is 6.85. The lowest BCUT2D eigenvalue weighted by molar-refractivity contribution is 0.750. The van der Waals surface area contributed by atoms with Gasteiger partial charge in [0.1, 0.15) is 0 Å². The van der Waals surface area contributed by atoms with Crippen molar-refractivity contribution in [1.82, 2.24) is 9.55 Å². The maximum absolute atomic E-state index is 6.21. The Hall–Kier alpha value is 0.180. The van der Waals surface area contributed by atoms with Gasteiger partial charge in [0.2, 0.25) is 0 Å². The Morgan fingerprint density at radius 1 is 1.04 bits per heavy atom. The van der Waals surface area contributed by atoms with Crippen LogP contribution in [0.4, 0.5) is 0 Å². The molecule has 0 unspecified atom stereocenters. The first kappa shape index (κ1) is 20.5. The fraction of sp³-hybridized carbons (Fsp3) is 0.267. The van der Waals surface area contributed by atoms with Crippen molar-refractivity contribution in [1.29, 1.82) is 0 Å². The largest absolute Gasteiger partial charge is 0.336 e. The molecule has 3 rings (SSSR count). The summed E-state index contributed by atoms with van der Waals surface area (Å²) in [5, 5.41) is 4.09. The van der Waals surface area contributed by atoms with Crippen molar-refractivity contribution in [3.8, 4) is 0 Å². The standard InChI is InChI=1S/C15H14Cl2N2S4.ClH/c16-14-11(1-5-20-14)8-22-13(7-19-4-3-18-10-19)23-9-12-2-6-21-15(12)17;/h1-6,10,13H,7-9H2;1H. The van der Waals surface area contributed by atoms with Crippen molar-refractivity contribution >= 4 is 81.8 Å². The number of imidazole rings is 1. The van der Waals surface area contributed by atoms with Gasteiger partial charge in [0.05, 0.1) is 19.6 Å². The molecule has 0 atom stereocenters. The number of nitrogens with zero attached hydrogens (tertiary/aromatic N) is 2. The predicted octanol–water partition coefficient (Wildman–Crippen LogP) is 6.93. The normalized spacial score (nSPS) is 11.0. The highest BCUT2D eigenvalue weighted by atomic mass is 35.5. The number of halogens is 3. The fourth-order valence-electron chi connectivity index (χ4n) is 1.93. The van der Waals surface area contributed by atoms with E-state index in [9.17, 15) is 0 Å². The Labute approximate surface area is 174 Å². The van der Waals surface area contributed by atoms with E-state index >= 15 is 0 Å². The van der Waals surface area contributed by atoms with Gasteiger partial charge < -0.3 is 4.57 Å². The van der Waals surface area contributed by atoms with Crippen LogP contribution in [0.15, 0.2) is 41.6 Å². The summed E-state index contributed by atoms with van der Waals surface area (Å²) in [7, 11) is 0. The van der Waals surface area contributed by atoms with Gasteiger partial charge in [0.25, 0.3) is 0 Å². The summed E-state index contributed by atoms with van der Waals surface area (Å²) in [5.41, 5.74) is 2.43. The molecule has 0 fully saturated rings. The molecule has 3 heterocycles. The quantitative estimate of drug-likeness (QED) is 0.342. The molecule has 9 heteroatoms. The molecule has 3 aromatic rings. The second-order valence-electron chi connectivity index (χ2n) is 4.75. The molecular weight excluding hydrogens is 443 g/mol. The lowest BCUT2D eigenvalue weighted by Crippen LogP contribution is -2.09. The van der Waals surface area contributed by atoms with Crippen LogP contribution in [0.1, 0.15) is 11.1 Å². The number of rotatable bonds is 8. The lowest BCUT2D eigenvalue weighted by atomic mass is 10.4. The number of aromatic nitrogens is 2. The van der Waals surface area contributed by atoms with Crippen molar-refractivity contribution in [3.05, 3.63) is 61.4 Å². The first-order valence-corrected chi connectivity index (χ1v) is 11.5. The summed E-state index contributed by atoms with van der Waals surface area (Å²) in [6, 6.07) is 4.21. The summed E-state index contributed by atoms with van der Waals surface area (Å²) in [6.07, 6.45) is 5.68. The summed E-state index contributed by atoms with van der Waals surface area (Å²) >= 11 is 19.4. The molecule has 0 aliphatic carbocycles. The van der Waals surface area contributed by atoms with E-state index in [2.05, 4.69) is 21.7 Å². The molecular formula is C15H15Cl3N2S4. The average Bonchev–Trinajstić information content (AvgIpc) is 3.26.